The van der Waals surface area contributed by atoms with Crippen LogP contribution in [0.2, 0.25) is 0 Å². The van der Waals surface area contributed by atoms with Crippen molar-refractivity contribution in [2.45, 2.75) is 38.7 Å². The van der Waals surface area contributed by atoms with Crippen molar-refractivity contribution in [3.8, 4) is 5.75 Å². The number of carbonyl (C=O) groups is 1. The summed E-state index contributed by atoms with van der Waals surface area (Å²) in [5, 5.41) is 2.95. The molecule has 4 nitrogen and oxygen atoms in total. The van der Waals surface area contributed by atoms with E-state index in [1.165, 1.54) is 5.56 Å². The lowest BCUT2D eigenvalue weighted by Crippen LogP contribution is -2.33. The highest BCUT2D eigenvalue weighted by atomic mass is 16.5. The number of hydrogen-bond donors (Lipinski definition) is 2. The van der Waals surface area contributed by atoms with Gasteiger partial charge in [0, 0.05) is 12.1 Å². The summed E-state index contributed by atoms with van der Waals surface area (Å²) in [6, 6.07) is 17.5. The van der Waals surface area contributed by atoms with E-state index in [1.54, 1.807) is 0 Å². The molecule has 0 fully saturated rings. The standard InChI is InChI=1S/C21H28N2O2/c1-16(2)18-11-8-12-19(15-18)25-20(17-9-4-3-5-10-17)21(24)23-14-7-6-13-22/h3-5,8-12,15-16,20H,6-7,13-14,22H2,1-2H3,(H,23,24). The summed E-state index contributed by atoms with van der Waals surface area (Å²) < 4.78 is 6.07. The number of benzene rings is 2. The number of unbranched alkanes of at least 4 members (excludes halogenated alkanes) is 1. The minimum Gasteiger partial charge on any atom is -0.476 e. The van der Waals surface area contributed by atoms with Gasteiger partial charge in [0.15, 0.2) is 0 Å². The van der Waals surface area contributed by atoms with Gasteiger partial charge in [0.05, 0.1) is 0 Å². The Balaban J connectivity index is 2.15. The molecule has 0 heterocycles. The van der Waals surface area contributed by atoms with Gasteiger partial charge < -0.3 is 15.8 Å². The molecule has 0 aliphatic carbocycles. The normalized spacial score (nSPS) is 12.0. The molecule has 0 radical (unpaired) electrons. The highest BCUT2D eigenvalue weighted by molar-refractivity contribution is 5.82. The SMILES string of the molecule is CC(C)c1cccc(OC(C(=O)NCCCCN)c2ccccc2)c1. The van der Waals surface area contributed by atoms with Gasteiger partial charge in [0.25, 0.3) is 5.91 Å². The molecule has 0 saturated carbocycles. The zero-order valence-corrected chi connectivity index (χ0v) is 15.1. The molecule has 2 aromatic rings. The monoisotopic (exact) mass is 340 g/mol. The largest absolute Gasteiger partial charge is 0.476 e. The van der Waals surface area contributed by atoms with E-state index in [0.29, 0.717) is 24.8 Å². The fraction of sp³-hybridized carbons (Fsp3) is 0.381. The summed E-state index contributed by atoms with van der Waals surface area (Å²) >= 11 is 0. The third kappa shape index (κ3) is 5.91. The number of amides is 1. The first-order chi connectivity index (χ1) is 12.1. The lowest BCUT2D eigenvalue weighted by Gasteiger charge is -2.20. The van der Waals surface area contributed by atoms with E-state index in [-0.39, 0.29) is 5.91 Å². The smallest absolute Gasteiger partial charge is 0.265 e. The van der Waals surface area contributed by atoms with E-state index in [9.17, 15) is 4.79 Å². The molecule has 1 amide bonds. The molecular formula is C21H28N2O2. The summed E-state index contributed by atoms with van der Waals surface area (Å²) in [7, 11) is 0. The first-order valence-electron chi connectivity index (χ1n) is 8.91. The molecule has 2 rings (SSSR count). The molecule has 134 valence electrons. The van der Waals surface area contributed by atoms with Crippen LogP contribution in [-0.4, -0.2) is 19.0 Å². The molecule has 0 aromatic heterocycles. The van der Waals surface area contributed by atoms with Crippen LogP contribution in [0.25, 0.3) is 0 Å². The summed E-state index contributed by atoms with van der Waals surface area (Å²) in [6.07, 6.45) is 1.10. The molecule has 0 aliphatic rings. The summed E-state index contributed by atoms with van der Waals surface area (Å²) in [6.45, 7) is 5.52. The first kappa shape index (κ1) is 19.0. The quantitative estimate of drug-likeness (QED) is 0.683. The van der Waals surface area contributed by atoms with Gasteiger partial charge in [-0.05, 0) is 43.0 Å². The van der Waals surface area contributed by atoms with Crippen molar-refractivity contribution in [2.24, 2.45) is 5.73 Å². The third-order valence-electron chi connectivity index (χ3n) is 4.05. The molecule has 1 unspecified atom stereocenters. The van der Waals surface area contributed by atoms with Crippen molar-refractivity contribution in [1.29, 1.82) is 0 Å². The fourth-order valence-electron chi connectivity index (χ4n) is 2.56. The second-order valence-electron chi connectivity index (χ2n) is 6.42. The van der Waals surface area contributed by atoms with Crippen molar-refractivity contribution in [3.63, 3.8) is 0 Å². The Labute approximate surface area is 150 Å². The Morgan fingerprint density at radius 1 is 1.04 bits per heavy atom. The van der Waals surface area contributed by atoms with Crippen molar-refractivity contribution >= 4 is 5.91 Å². The van der Waals surface area contributed by atoms with Gasteiger partial charge in [-0.15, -0.1) is 0 Å². The fourth-order valence-corrected chi connectivity index (χ4v) is 2.56. The number of rotatable bonds is 9. The van der Waals surface area contributed by atoms with E-state index in [0.717, 1.165) is 18.4 Å². The van der Waals surface area contributed by atoms with Gasteiger partial charge in [0.1, 0.15) is 5.75 Å². The maximum Gasteiger partial charge on any atom is 0.265 e. The lowest BCUT2D eigenvalue weighted by atomic mass is 10.0. The van der Waals surface area contributed by atoms with Crippen molar-refractivity contribution < 1.29 is 9.53 Å². The minimum absolute atomic E-state index is 0.127. The number of nitrogens with two attached hydrogens (primary N) is 1. The molecule has 0 spiro atoms. The average molecular weight is 340 g/mol. The predicted molar refractivity (Wildman–Crippen MR) is 102 cm³/mol. The molecule has 2 aromatic carbocycles. The van der Waals surface area contributed by atoms with Gasteiger partial charge in [-0.1, -0.05) is 56.3 Å². The lowest BCUT2D eigenvalue weighted by molar-refractivity contribution is -0.128. The van der Waals surface area contributed by atoms with Crippen LogP contribution in [0.1, 0.15) is 49.8 Å². The zero-order chi connectivity index (χ0) is 18.1. The molecule has 1 atom stereocenters. The Morgan fingerprint density at radius 2 is 1.76 bits per heavy atom. The zero-order valence-electron chi connectivity index (χ0n) is 15.1. The van der Waals surface area contributed by atoms with Crippen LogP contribution in [0.3, 0.4) is 0 Å². The van der Waals surface area contributed by atoms with E-state index >= 15 is 0 Å². The van der Waals surface area contributed by atoms with Crippen LogP contribution < -0.4 is 15.8 Å². The summed E-state index contributed by atoms with van der Waals surface area (Å²) in [4.78, 5) is 12.7. The number of carbonyl (C=O) groups excluding carboxylic acids is 1. The van der Waals surface area contributed by atoms with Gasteiger partial charge >= 0.3 is 0 Å². The molecule has 25 heavy (non-hydrogen) atoms. The van der Waals surface area contributed by atoms with Crippen molar-refractivity contribution in [2.75, 3.05) is 13.1 Å². The maximum absolute atomic E-state index is 12.7. The van der Waals surface area contributed by atoms with Crippen LogP contribution in [0.4, 0.5) is 0 Å². The van der Waals surface area contributed by atoms with Crippen LogP contribution in [0.5, 0.6) is 5.75 Å². The topological polar surface area (TPSA) is 64.3 Å². The van der Waals surface area contributed by atoms with Crippen LogP contribution in [0.15, 0.2) is 54.6 Å². The molecule has 0 aliphatic heterocycles. The second-order valence-corrected chi connectivity index (χ2v) is 6.42. The van der Waals surface area contributed by atoms with Gasteiger partial charge in [-0.2, -0.15) is 0 Å². The van der Waals surface area contributed by atoms with Gasteiger partial charge in [-0.25, -0.2) is 0 Å². The van der Waals surface area contributed by atoms with Gasteiger partial charge in [0.2, 0.25) is 6.10 Å². The average Bonchev–Trinajstić information content (AvgIpc) is 2.64. The number of hydrogen-bond acceptors (Lipinski definition) is 3. The van der Waals surface area contributed by atoms with Gasteiger partial charge in [-0.3, -0.25) is 4.79 Å². The summed E-state index contributed by atoms with van der Waals surface area (Å²) in [5.74, 6) is 0.985. The molecule has 0 saturated heterocycles. The molecule has 0 bridgehead atoms. The first-order valence-corrected chi connectivity index (χ1v) is 8.91. The van der Waals surface area contributed by atoms with E-state index < -0.39 is 6.10 Å². The van der Waals surface area contributed by atoms with E-state index in [1.807, 2.05) is 48.5 Å². The van der Waals surface area contributed by atoms with Crippen molar-refractivity contribution in [1.82, 2.24) is 5.32 Å². The minimum atomic E-state index is -0.665. The Bertz CT molecular complexity index is 656. The predicted octanol–water partition coefficient (Wildman–Crippen LogP) is 3.79. The van der Waals surface area contributed by atoms with Crippen LogP contribution >= 0.6 is 0 Å². The maximum atomic E-state index is 12.7. The third-order valence-corrected chi connectivity index (χ3v) is 4.05. The second kappa shape index (κ2) is 9.84. The van der Waals surface area contributed by atoms with Crippen LogP contribution in [-0.2, 0) is 4.79 Å². The highest BCUT2D eigenvalue weighted by Gasteiger charge is 2.22. The number of ether oxygens (including phenoxy) is 1. The summed E-state index contributed by atoms with van der Waals surface area (Å²) in [5.41, 5.74) is 7.53. The molecule has 3 N–H and O–H groups in total. The van der Waals surface area contributed by atoms with E-state index in [4.69, 9.17) is 10.5 Å². The Hall–Kier alpha value is -2.33. The van der Waals surface area contributed by atoms with Crippen molar-refractivity contribution in [3.05, 3.63) is 65.7 Å². The molecular weight excluding hydrogens is 312 g/mol. The molecule has 4 heteroatoms. The van der Waals surface area contributed by atoms with Crippen LogP contribution in [0, 0.1) is 0 Å². The highest BCUT2D eigenvalue weighted by Crippen LogP contribution is 2.25. The number of nitrogens with one attached hydrogen (secondary N) is 1. The Morgan fingerprint density at radius 3 is 2.44 bits per heavy atom. The Kier molecular flexibility index (Phi) is 7.48. The van der Waals surface area contributed by atoms with E-state index in [2.05, 4.69) is 25.2 Å².